The molecular weight excluding hydrogens is 353 g/mol. The lowest BCUT2D eigenvalue weighted by molar-refractivity contribution is -0.385. The van der Waals surface area contributed by atoms with Gasteiger partial charge in [-0.05, 0) is 6.07 Å². The molecule has 9 heteroatoms. The minimum atomic E-state index is -3.77. The molecule has 2 aromatic rings. The van der Waals surface area contributed by atoms with Gasteiger partial charge >= 0.3 is 0 Å². The zero-order chi connectivity index (χ0) is 18.0. The van der Waals surface area contributed by atoms with Gasteiger partial charge in [0.25, 0.3) is 5.69 Å². The lowest BCUT2D eigenvalue weighted by Gasteiger charge is -2.20. The van der Waals surface area contributed by atoms with Crippen LogP contribution in [0, 0.1) is 15.9 Å². The number of halogens is 1. The molecule has 1 heterocycles. The molecule has 7 nitrogen and oxygen atoms in total. The van der Waals surface area contributed by atoms with Gasteiger partial charge in [0.15, 0.2) is 16.6 Å². The molecule has 0 saturated carbocycles. The summed E-state index contributed by atoms with van der Waals surface area (Å²) < 4.78 is 49.0. The van der Waals surface area contributed by atoms with E-state index < -0.39 is 32.1 Å². The largest absolute Gasteiger partial charge is 0.467 e. The number of nitro benzene ring substituents is 1. The summed E-state index contributed by atoms with van der Waals surface area (Å²) in [7, 11) is -3.77. The van der Waals surface area contributed by atoms with E-state index in [9.17, 15) is 22.9 Å². The molecule has 0 unspecified atom stereocenters. The van der Waals surface area contributed by atoms with Crippen LogP contribution in [0.1, 0.15) is 16.7 Å². The van der Waals surface area contributed by atoms with Gasteiger partial charge in [-0.3, -0.25) is 10.1 Å². The van der Waals surface area contributed by atoms with Gasteiger partial charge in [0.1, 0.15) is 11.6 Å². The van der Waals surface area contributed by atoms with Gasteiger partial charge < -0.3 is 9.47 Å². The van der Waals surface area contributed by atoms with E-state index in [0.29, 0.717) is 5.56 Å². The molecule has 3 rings (SSSR count). The molecule has 0 amide bonds. The summed E-state index contributed by atoms with van der Waals surface area (Å²) in [6, 6.07) is 8.05. The zero-order valence-corrected chi connectivity index (χ0v) is 13.8. The third-order valence-corrected chi connectivity index (χ3v) is 5.19. The van der Waals surface area contributed by atoms with Gasteiger partial charge in [0.05, 0.1) is 23.0 Å². The number of non-ortho nitro benzene ring substituents is 1. The Balaban J connectivity index is 1.95. The maximum Gasteiger partial charge on any atom is 0.270 e. The predicted octanol–water partition coefficient (Wildman–Crippen LogP) is 2.72. The molecular formula is C16H14FNO6S. The van der Waals surface area contributed by atoms with Gasteiger partial charge in [0, 0.05) is 28.8 Å². The Morgan fingerprint density at radius 1 is 1.16 bits per heavy atom. The number of hydrogen-bond donors (Lipinski definition) is 0. The van der Waals surface area contributed by atoms with Crippen LogP contribution in [0.3, 0.4) is 0 Å². The highest BCUT2D eigenvalue weighted by Gasteiger charge is 2.25. The molecule has 0 N–H and O–H groups in total. The fourth-order valence-corrected chi connectivity index (χ4v) is 4.13. The van der Waals surface area contributed by atoms with Gasteiger partial charge in [-0.2, -0.15) is 0 Å². The summed E-state index contributed by atoms with van der Waals surface area (Å²) in [5.41, 5.74) is 0.385. The molecule has 2 aromatic carbocycles. The number of nitrogens with zero attached hydrogens (tertiary/aromatic N) is 1. The fourth-order valence-electron chi connectivity index (χ4n) is 2.63. The first-order valence-electron chi connectivity index (χ1n) is 7.30. The highest BCUT2D eigenvalue weighted by molar-refractivity contribution is 7.89. The molecule has 25 heavy (non-hydrogen) atoms. The molecule has 0 aliphatic carbocycles. The lowest BCUT2D eigenvalue weighted by Crippen LogP contribution is -2.16. The van der Waals surface area contributed by atoms with Gasteiger partial charge in [-0.1, -0.05) is 18.2 Å². The van der Waals surface area contributed by atoms with Crippen molar-refractivity contribution < 1.29 is 27.2 Å². The van der Waals surface area contributed by atoms with Crippen LogP contribution >= 0.6 is 0 Å². The van der Waals surface area contributed by atoms with E-state index >= 15 is 0 Å². The Morgan fingerprint density at radius 3 is 2.60 bits per heavy atom. The molecule has 0 spiro atoms. The zero-order valence-electron chi connectivity index (χ0n) is 13.0. The van der Waals surface area contributed by atoms with E-state index in [1.54, 1.807) is 6.07 Å². The molecule has 0 radical (unpaired) electrons. The van der Waals surface area contributed by atoms with Crippen LogP contribution in [-0.2, 0) is 32.7 Å². The SMILES string of the molecule is O=[N+]([O-])c1cc2c(c(CS(=O)(=O)Cc3ccccc3F)c1)OCOC2. The minimum absolute atomic E-state index is 0.0473. The van der Waals surface area contributed by atoms with Crippen molar-refractivity contribution in [1.29, 1.82) is 0 Å². The highest BCUT2D eigenvalue weighted by Crippen LogP contribution is 2.34. The molecule has 132 valence electrons. The van der Waals surface area contributed by atoms with Gasteiger partial charge in [-0.25, -0.2) is 12.8 Å². The first-order chi connectivity index (χ1) is 11.9. The third-order valence-electron chi connectivity index (χ3n) is 3.69. The van der Waals surface area contributed by atoms with Crippen molar-refractivity contribution in [3.8, 4) is 5.75 Å². The molecule has 0 aromatic heterocycles. The number of fused-ring (bicyclic) bond motifs is 1. The summed E-state index contributed by atoms with van der Waals surface area (Å²) in [6.45, 7) is 0.0303. The molecule has 0 saturated heterocycles. The number of rotatable bonds is 5. The molecule has 0 fully saturated rings. The normalized spacial score (nSPS) is 13.8. The van der Waals surface area contributed by atoms with Crippen LogP contribution in [0.4, 0.5) is 10.1 Å². The monoisotopic (exact) mass is 367 g/mol. The second-order valence-electron chi connectivity index (χ2n) is 5.58. The van der Waals surface area contributed by atoms with E-state index in [-0.39, 0.29) is 36.0 Å². The first kappa shape index (κ1) is 17.3. The van der Waals surface area contributed by atoms with Crippen LogP contribution in [-0.4, -0.2) is 20.1 Å². The standard InChI is InChI=1S/C16H14FNO6S/c17-15-4-2-1-3-11(15)8-25(21,22)9-13-6-14(18(19)20)5-12-7-23-10-24-16(12)13/h1-6H,7-10H2. The summed E-state index contributed by atoms with van der Waals surface area (Å²) in [5, 5.41) is 11.1. The fraction of sp³-hybridized carbons (Fsp3) is 0.250. The van der Waals surface area contributed by atoms with Crippen molar-refractivity contribution in [2.24, 2.45) is 0 Å². The number of nitro groups is 1. The highest BCUT2D eigenvalue weighted by atomic mass is 32.2. The molecule has 1 aliphatic heterocycles. The van der Waals surface area contributed by atoms with Crippen molar-refractivity contribution in [2.45, 2.75) is 18.1 Å². The number of hydrogen-bond acceptors (Lipinski definition) is 6. The van der Waals surface area contributed by atoms with Crippen LogP contribution in [0.15, 0.2) is 36.4 Å². The van der Waals surface area contributed by atoms with E-state index in [4.69, 9.17) is 9.47 Å². The molecule has 0 bridgehead atoms. The summed E-state index contributed by atoms with van der Waals surface area (Å²) >= 11 is 0. The van der Waals surface area contributed by atoms with Gasteiger partial charge in [-0.15, -0.1) is 0 Å². The summed E-state index contributed by atoms with van der Waals surface area (Å²) in [4.78, 5) is 10.5. The van der Waals surface area contributed by atoms with Crippen LogP contribution in [0.2, 0.25) is 0 Å². The average molecular weight is 367 g/mol. The Morgan fingerprint density at radius 2 is 1.88 bits per heavy atom. The maximum atomic E-state index is 13.7. The van der Waals surface area contributed by atoms with Crippen molar-refractivity contribution in [1.82, 2.24) is 0 Å². The van der Waals surface area contributed by atoms with Crippen molar-refractivity contribution >= 4 is 15.5 Å². The second kappa shape index (κ2) is 6.77. The first-order valence-corrected chi connectivity index (χ1v) is 9.12. The molecule has 1 aliphatic rings. The maximum absolute atomic E-state index is 13.7. The van der Waals surface area contributed by atoms with E-state index in [0.717, 1.165) is 0 Å². The number of benzene rings is 2. The summed E-state index contributed by atoms with van der Waals surface area (Å²) in [5.74, 6) is -1.34. The Labute approximate surface area is 143 Å². The Hall–Kier alpha value is -2.52. The summed E-state index contributed by atoms with van der Waals surface area (Å²) in [6.07, 6.45) is 0. The van der Waals surface area contributed by atoms with E-state index in [1.165, 1.54) is 30.3 Å². The van der Waals surface area contributed by atoms with Crippen LogP contribution in [0.5, 0.6) is 5.75 Å². The smallest absolute Gasteiger partial charge is 0.270 e. The Kier molecular flexibility index (Phi) is 4.69. The second-order valence-corrected chi connectivity index (χ2v) is 7.65. The number of ether oxygens (including phenoxy) is 2. The van der Waals surface area contributed by atoms with Crippen LogP contribution in [0.25, 0.3) is 0 Å². The molecule has 0 atom stereocenters. The van der Waals surface area contributed by atoms with Gasteiger partial charge in [0.2, 0.25) is 0 Å². The predicted molar refractivity (Wildman–Crippen MR) is 86.1 cm³/mol. The third kappa shape index (κ3) is 3.94. The van der Waals surface area contributed by atoms with Crippen molar-refractivity contribution in [3.63, 3.8) is 0 Å². The minimum Gasteiger partial charge on any atom is -0.467 e. The quantitative estimate of drug-likeness (QED) is 0.596. The Bertz CT molecular complexity index is 928. The lowest BCUT2D eigenvalue weighted by atomic mass is 10.1. The van der Waals surface area contributed by atoms with E-state index in [2.05, 4.69) is 0 Å². The average Bonchev–Trinajstić information content (AvgIpc) is 2.56. The topological polar surface area (TPSA) is 95.7 Å². The van der Waals surface area contributed by atoms with Crippen molar-refractivity contribution in [2.75, 3.05) is 6.79 Å². The number of sulfone groups is 1. The van der Waals surface area contributed by atoms with E-state index in [1.807, 2.05) is 0 Å². The van der Waals surface area contributed by atoms with Crippen molar-refractivity contribution in [3.05, 3.63) is 69.0 Å². The van der Waals surface area contributed by atoms with Crippen LogP contribution < -0.4 is 4.74 Å².